The Hall–Kier alpha value is -2.97. The van der Waals surface area contributed by atoms with Crippen molar-refractivity contribution in [3.8, 4) is 11.5 Å². The van der Waals surface area contributed by atoms with Crippen LogP contribution in [0.25, 0.3) is 0 Å². The number of hydrogen-bond donors (Lipinski definition) is 2. The monoisotopic (exact) mass is 385 g/mol. The maximum absolute atomic E-state index is 13.7. The molecule has 27 heavy (non-hydrogen) atoms. The van der Waals surface area contributed by atoms with Crippen LogP contribution in [-0.4, -0.2) is 26.7 Å². The van der Waals surface area contributed by atoms with E-state index in [4.69, 9.17) is 4.74 Å². The molecule has 146 valence electrons. The van der Waals surface area contributed by atoms with Gasteiger partial charge in [-0.05, 0) is 36.4 Å². The van der Waals surface area contributed by atoms with Crippen LogP contribution in [-0.2, 0) is 13.1 Å². The first kappa shape index (κ1) is 20.3. The van der Waals surface area contributed by atoms with Crippen LogP contribution in [0.5, 0.6) is 11.5 Å². The lowest BCUT2D eigenvalue weighted by molar-refractivity contribution is -0.0505. The van der Waals surface area contributed by atoms with Crippen molar-refractivity contribution >= 4 is 5.96 Å². The number of aliphatic imine (C=N–C) groups is 1. The molecule has 0 saturated heterocycles. The summed E-state index contributed by atoms with van der Waals surface area (Å²) in [5, 5.41) is 5.72. The maximum atomic E-state index is 13.7. The van der Waals surface area contributed by atoms with Crippen molar-refractivity contribution < 1.29 is 27.0 Å². The van der Waals surface area contributed by atoms with Crippen LogP contribution in [0.15, 0.2) is 41.4 Å². The minimum Gasteiger partial charge on any atom is -0.497 e. The Morgan fingerprint density at radius 3 is 2.37 bits per heavy atom. The molecule has 0 aliphatic heterocycles. The van der Waals surface area contributed by atoms with Crippen molar-refractivity contribution in [2.75, 3.05) is 14.2 Å². The zero-order valence-electron chi connectivity index (χ0n) is 14.7. The smallest absolute Gasteiger partial charge is 0.387 e. The van der Waals surface area contributed by atoms with Crippen LogP contribution in [0.3, 0.4) is 0 Å². The van der Waals surface area contributed by atoms with Crippen LogP contribution >= 0.6 is 0 Å². The molecule has 5 nitrogen and oxygen atoms in total. The van der Waals surface area contributed by atoms with Crippen molar-refractivity contribution in [1.29, 1.82) is 0 Å². The number of ether oxygens (including phenoxy) is 2. The molecule has 0 aromatic heterocycles. The Balaban J connectivity index is 2.04. The summed E-state index contributed by atoms with van der Waals surface area (Å²) in [5.41, 5.74) is 0.538. The summed E-state index contributed by atoms with van der Waals surface area (Å²) in [6, 6.07) is 7.56. The molecule has 0 saturated carbocycles. The Labute approximate surface area is 154 Å². The zero-order valence-corrected chi connectivity index (χ0v) is 14.7. The molecule has 0 aliphatic carbocycles. The number of halogens is 4. The van der Waals surface area contributed by atoms with Gasteiger partial charge in [0.25, 0.3) is 0 Å². The Bertz CT molecular complexity index is 800. The van der Waals surface area contributed by atoms with E-state index in [-0.39, 0.29) is 30.4 Å². The fraction of sp³-hybridized carbons (Fsp3) is 0.278. The number of rotatable bonds is 7. The van der Waals surface area contributed by atoms with Gasteiger partial charge < -0.3 is 20.1 Å². The van der Waals surface area contributed by atoms with E-state index in [9.17, 15) is 17.6 Å². The molecule has 0 unspecified atom stereocenters. The van der Waals surface area contributed by atoms with Crippen molar-refractivity contribution in [2.45, 2.75) is 19.7 Å². The van der Waals surface area contributed by atoms with Crippen LogP contribution in [0.2, 0.25) is 0 Å². The van der Waals surface area contributed by atoms with E-state index in [0.717, 1.165) is 18.2 Å². The summed E-state index contributed by atoms with van der Waals surface area (Å²) in [7, 11) is 2.94. The van der Waals surface area contributed by atoms with Crippen LogP contribution in [0, 0.1) is 11.6 Å². The molecular formula is C18H19F4N3O2. The molecule has 0 heterocycles. The van der Waals surface area contributed by atoms with E-state index in [1.165, 1.54) is 26.3 Å². The molecule has 0 spiro atoms. The molecule has 2 aromatic carbocycles. The van der Waals surface area contributed by atoms with E-state index in [1.54, 1.807) is 6.07 Å². The maximum Gasteiger partial charge on any atom is 0.387 e. The van der Waals surface area contributed by atoms with Crippen LogP contribution in [0.4, 0.5) is 17.6 Å². The van der Waals surface area contributed by atoms with Crippen molar-refractivity contribution in [3.05, 3.63) is 59.2 Å². The molecule has 0 radical (unpaired) electrons. The SMILES string of the molecule is CN=C(NCc1cc(F)ccc1F)NCc1cc(OC)ccc1OC(F)F. The average molecular weight is 385 g/mol. The van der Waals surface area contributed by atoms with E-state index < -0.39 is 18.2 Å². The Morgan fingerprint density at radius 2 is 1.74 bits per heavy atom. The third-order valence-corrected chi connectivity index (χ3v) is 3.61. The molecule has 9 heteroatoms. The van der Waals surface area contributed by atoms with Gasteiger partial charge in [0, 0.05) is 31.3 Å². The lowest BCUT2D eigenvalue weighted by Gasteiger charge is -2.15. The second kappa shape index (κ2) is 9.65. The van der Waals surface area contributed by atoms with Gasteiger partial charge in [-0.3, -0.25) is 4.99 Å². The lowest BCUT2D eigenvalue weighted by atomic mass is 10.2. The number of nitrogens with zero attached hydrogens (tertiary/aromatic N) is 1. The topological polar surface area (TPSA) is 54.9 Å². The third-order valence-electron chi connectivity index (χ3n) is 3.61. The van der Waals surface area contributed by atoms with E-state index in [2.05, 4.69) is 20.4 Å². The highest BCUT2D eigenvalue weighted by atomic mass is 19.3. The normalized spacial score (nSPS) is 11.4. The average Bonchev–Trinajstić information content (AvgIpc) is 2.65. The molecule has 0 fully saturated rings. The molecule has 0 amide bonds. The van der Waals surface area contributed by atoms with Gasteiger partial charge in [-0.15, -0.1) is 0 Å². The summed E-state index contributed by atoms with van der Waals surface area (Å²) < 4.78 is 61.6. The van der Waals surface area contributed by atoms with Crippen molar-refractivity contribution in [2.24, 2.45) is 4.99 Å². The van der Waals surface area contributed by atoms with Gasteiger partial charge in [0.15, 0.2) is 5.96 Å². The second-order valence-corrected chi connectivity index (χ2v) is 5.37. The van der Waals surface area contributed by atoms with Crippen LogP contribution in [0.1, 0.15) is 11.1 Å². The summed E-state index contributed by atoms with van der Waals surface area (Å²) >= 11 is 0. The number of hydrogen-bond acceptors (Lipinski definition) is 3. The van der Waals surface area contributed by atoms with E-state index >= 15 is 0 Å². The van der Waals surface area contributed by atoms with Gasteiger partial charge in [0.2, 0.25) is 0 Å². The summed E-state index contributed by atoms with van der Waals surface area (Å²) in [4.78, 5) is 3.96. The standard InChI is InChI=1S/C18H19F4N3O2/c1-23-18(24-9-11-7-13(19)3-5-15(11)20)25-10-12-8-14(26-2)4-6-16(12)27-17(21)22/h3-8,17H,9-10H2,1-2H3,(H2,23,24,25). The first-order valence-corrected chi connectivity index (χ1v) is 7.93. The Kier molecular flexibility index (Phi) is 7.27. The van der Waals surface area contributed by atoms with Gasteiger partial charge in [-0.1, -0.05) is 0 Å². The predicted octanol–water partition coefficient (Wildman–Crippen LogP) is 3.44. The first-order chi connectivity index (χ1) is 12.9. The van der Waals surface area contributed by atoms with Gasteiger partial charge in [0.1, 0.15) is 23.1 Å². The minimum absolute atomic E-state index is 0.00933. The van der Waals surface area contributed by atoms with E-state index in [1.807, 2.05) is 0 Å². The molecular weight excluding hydrogens is 366 g/mol. The third kappa shape index (κ3) is 6.05. The van der Waals surface area contributed by atoms with Crippen molar-refractivity contribution in [3.63, 3.8) is 0 Å². The van der Waals surface area contributed by atoms with Gasteiger partial charge in [-0.25, -0.2) is 8.78 Å². The van der Waals surface area contributed by atoms with Crippen molar-refractivity contribution in [1.82, 2.24) is 10.6 Å². The zero-order chi connectivity index (χ0) is 19.8. The molecule has 0 aliphatic rings. The number of benzene rings is 2. The van der Waals surface area contributed by atoms with Gasteiger partial charge in [0.05, 0.1) is 7.11 Å². The number of alkyl halides is 2. The molecule has 0 bridgehead atoms. The fourth-order valence-corrected chi connectivity index (χ4v) is 2.29. The van der Waals surface area contributed by atoms with E-state index in [0.29, 0.717) is 11.3 Å². The van der Waals surface area contributed by atoms with Gasteiger partial charge >= 0.3 is 6.61 Å². The highest BCUT2D eigenvalue weighted by molar-refractivity contribution is 5.79. The highest BCUT2D eigenvalue weighted by Gasteiger charge is 2.12. The summed E-state index contributed by atoms with van der Waals surface area (Å²) in [5.74, 6) is -0.381. The summed E-state index contributed by atoms with van der Waals surface area (Å²) in [6.07, 6.45) is 0. The molecule has 0 atom stereocenters. The Morgan fingerprint density at radius 1 is 1.04 bits per heavy atom. The highest BCUT2D eigenvalue weighted by Crippen LogP contribution is 2.25. The second-order valence-electron chi connectivity index (χ2n) is 5.37. The number of methoxy groups -OCH3 is 1. The largest absolute Gasteiger partial charge is 0.497 e. The van der Waals surface area contributed by atoms with Gasteiger partial charge in [-0.2, -0.15) is 8.78 Å². The predicted molar refractivity (Wildman–Crippen MR) is 93.0 cm³/mol. The molecule has 2 rings (SSSR count). The number of guanidine groups is 1. The fourth-order valence-electron chi connectivity index (χ4n) is 2.29. The molecule has 2 aromatic rings. The first-order valence-electron chi connectivity index (χ1n) is 7.93. The quantitative estimate of drug-likeness (QED) is 0.436. The molecule has 2 N–H and O–H groups in total. The van der Waals surface area contributed by atoms with Crippen LogP contribution < -0.4 is 20.1 Å². The lowest BCUT2D eigenvalue weighted by Crippen LogP contribution is -2.36. The summed E-state index contributed by atoms with van der Waals surface area (Å²) in [6.45, 7) is -2.89. The number of nitrogens with one attached hydrogen (secondary N) is 2. The minimum atomic E-state index is -2.97.